The van der Waals surface area contributed by atoms with E-state index < -0.39 is 5.97 Å². The zero-order valence-electron chi connectivity index (χ0n) is 11.0. The minimum absolute atomic E-state index is 0.0240. The number of carboxylic acids is 1. The quantitative estimate of drug-likeness (QED) is 0.805. The first kappa shape index (κ1) is 15.3. The van der Waals surface area contributed by atoms with E-state index in [0.29, 0.717) is 17.1 Å². The molecule has 0 aliphatic carbocycles. The normalized spacial score (nSPS) is 10.8. The summed E-state index contributed by atoms with van der Waals surface area (Å²) < 4.78 is 6.60. The molecule has 108 valence electrons. The van der Waals surface area contributed by atoms with Crippen molar-refractivity contribution in [2.24, 2.45) is 0 Å². The molecular formula is C16H13BrO4. The van der Waals surface area contributed by atoms with Crippen molar-refractivity contribution in [1.29, 1.82) is 0 Å². The van der Waals surface area contributed by atoms with Crippen LogP contribution < -0.4 is 4.74 Å². The number of carboxylic acid groups (broad SMARTS) is 1. The first-order valence-corrected chi connectivity index (χ1v) is 6.96. The Bertz CT molecular complexity index is 662. The number of benzene rings is 2. The molecule has 0 amide bonds. The van der Waals surface area contributed by atoms with Crippen LogP contribution in [0.4, 0.5) is 0 Å². The van der Waals surface area contributed by atoms with Crippen LogP contribution in [0.5, 0.6) is 11.5 Å². The van der Waals surface area contributed by atoms with Crippen molar-refractivity contribution in [3.8, 4) is 11.5 Å². The summed E-state index contributed by atoms with van der Waals surface area (Å²) in [5.74, 6) is 0.130. The first-order chi connectivity index (χ1) is 10.1. The molecule has 5 heteroatoms. The number of carbonyl (C=O) groups is 1. The fourth-order valence-electron chi connectivity index (χ4n) is 1.69. The van der Waals surface area contributed by atoms with Gasteiger partial charge in [0.25, 0.3) is 0 Å². The monoisotopic (exact) mass is 348 g/mol. The largest absolute Gasteiger partial charge is 0.478 e. The molecule has 2 aromatic rings. The molecule has 0 saturated heterocycles. The van der Waals surface area contributed by atoms with Crippen molar-refractivity contribution in [1.82, 2.24) is 0 Å². The van der Waals surface area contributed by atoms with Gasteiger partial charge >= 0.3 is 5.97 Å². The Morgan fingerprint density at radius 1 is 1.19 bits per heavy atom. The zero-order chi connectivity index (χ0) is 15.2. The van der Waals surface area contributed by atoms with E-state index in [1.54, 1.807) is 36.4 Å². The average Bonchev–Trinajstić information content (AvgIpc) is 2.47. The van der Waals surface area contributed by atoms with Crippen molar-refractivity contribution < 1.29 is 19.7 Å². The van der Waals surface area contributed by atoms with Crippen molar-refractivity contribution in [3.63, 3.8) is 0 Å². The van der Waals surface area contributed by atoms with Gasteiger partial charge < -0.3 is 14.9 Å². The molecule has 21 heavy (non-hydrogen) atoms. The third-order valence-electron chi connectivity index (χ3n) is 2.71. The lowest BCUT2D eigenvalue weighted by molar-refractivity contribution is -0.131. The molecule has 2 rings (SSSR count). The number of aliphatic hydroxyl groups excluding tert-OH is 1. The van der Waals surface area contributed by atoms with E-state index in [1.165, 1.54) is 6.08 Å². The summed E-state index contributed by atoms with van der Waals surface area (Å²) in [7, 11) is 0. The highest BCUT2D eigenvalue weighted by molar-refractivity contribution is 9.10. The van der Waals surface area contributed by atoms with Gasteiger partial charge in [0.2, 0.25) is 0 Å². The summed E-state index contributed by atoms with van der Waals surface area (Å²) >= 11 is 3.36. The van der Waals surface area contributed by atoms with Gasteiger partial charge in [0, 0.05) is 16.1 Å². The van der Waals surface area contributed by atoms with Gasteiger partial charge in [-0.2, -0.15) is 0 Å². The van der Waals surface area contributed by atoms with Crippen LogP contribution in [0.3, 0.4) is 0 Å². The second kappa shape index (κ2) is 7.06. The second-order valence-corrected chi connectivity index (χ2v) is 5.17. The van der Waals surface area contributed by atoms with E-state index in [4.69, 9.17) is 14.9 Å². The Morgan fingerprint density at radius 3 is 2.52 bits per heavy atom. The van der Waals surface area contributed by atoms with Crippen LogP contribution in [0, 0.1) is 0 Å². The Morgan fingerprint density at radius 2 is 1.90 bits per heavy atom. The summed E-state index contributed by atoms with van der Waals surface area (Å²) in [6, 6.07) is 12.4. The van der Waals surface area contributed by atoms with E-state index >= 15 is 0 Å². The van der Waals surface area contributed by atoms with E-state index in [0.717, 1.165) is 16.1 Å². The molecule has 0 fully saturated rings. The van der Waals surface area contributed by atoms with Gasteiger partial charge in [0.05, 0.1) is 6.61 Å². The lowest BCUT2D eigenvalue weighted by Gasteiger charge is -2.10. The molecule has 0 spiro atoms. The van der Waals surface area contributed by atoms with Gasteiger partial charge in [-0.3, -0.25) is 0 Å². The number of rotatable bonds is 5. The Labute approximate surface area is 130 Å². The topological polar surface area (TPSA) is 66.8 Å². The number of aliphatic hydroxyl groups is 1. The van der Waals surface area contributed by atoms with Crippen LogP contribution in [0.25, 0.3) is 6.08 Å². The highest BCUT2D eigenvalue weighted by Crippen LogP contribution is 2.29. The number of ether oxygens (including phenoxy) is 1. The molecule has 0 heterocycles. The molecular weight excluding hydrogens is 336 g/mol. The molecule has 2 aromatic carbocycles. The first-order valence-electron chi connectivity index (χ1n) is 6.16. The minimum Gasteiger partial charge on any atom is -0.478 e. The fraction of sp³-hybridized carbons (Fsp3) is 0.0625. The molecule has 0 aliphatic rings. The Kier molecular flexibility index (Phi) is 5.14. The smallest absolute Gasteiger partial charge is 0.328 e. The predicted molar refractivity (Wildman–Crippen MR) is 83.3 cm³/mol. The van der Waals surface area contributed by atoms with Gasteiger partial charge in [-0.15, -0.1) is 0 Å². The number of hydrogen-bond donors (Lipinski definition) is 2. The molecule has 0 aliphatic heterocycles. The van der Waals surface area contributed by atoms with Gasteiger partial charge in [-0.25, -0.2) is 4.79 Å². The van der Waals surface area contributed by atoms with Crippen LogP contribution in [-0.4, -0.2) is 16.2 Å². The van der Waals surface area contributed by atoms with Crippen LogP contribution in [0.2, 0.25) is 0 Å². The molecule has 0 saturated carbocycles. The molecule has 4 nitrogen and oxygen atoms in total. The molecule has 0 bridgehead atoms. The van der Waals surface area contributed by atoms with Gasteiger partial charge in [0.15, 0.2) is 0 Å². The van der Waals surface area contributed by atoms with Crippen LogP contribution in [-0.2, 0) is 11.4 Å². The fourth-order valence-corrected chi connectivity index (χ4v) is 2.03. The maximum Gasteiger partial charge on any atom is 0.328 e. The van der Waals surface area contributed by atoms with Crippen molar-refractivity contribution in [2.45, 2.75) is 6.61 Å². The third kappa shape index (κ3) is 4.44. The third-order valence-corrected chi connectivity index (χ3v) is 3.21. The van der Waals surface area contributed by atoms with Crippen LogP contribution in [0.1, 0.15) is 11.1 Å². The summed E-state index contributed by atoms with van der Waals surface area (Å²) in [5.41, 5.74) is 1.45. The highest BCUT2D eigenvalue weighted by Gasteiger charge is 2.05. The van der Waals surface area contributed by atoms with Crippen LogP contribution in [0.15, 0.2) is 53.0 Å². The minimum atomic E-state index is -1.02. The van der Waals surface area contributed by atoms with Crippen molar-refractivity contribution in [2.75, 3.05) is 0 Å². The number of hydrogen-bond acceptors (Lipinski definition) is 3. The molecule has 2 N–H and O–H groups in total. The number of halogens is 1. The van der Waals surface area contributed by atoms with Crippen molar-refractivity contribution in [3.05, 3.63) is 64.1 Å². The van der Waals surface area contributed by atoms with E-state index in [2.05, 4.69) is 15.9 Å². The van der Waals surface area contributed by atoms with E-state index in [-0.39, 0.29) is 6.61 Å². The van der Waals surface area contributed by atoms with Gasteiger partial charge in [-0.05, 0) is 35.9 Å². The van der Waals surface area contributed by atoms with Gasteiger partial charge in [-0.1, -0.05) is 34.1 Å². The molecule has 0 radical (unpaired) electrons. The van der Waals surface area contributed by atoms with Crippen molar-refractivity contribution >= 4 is 28.0 Å². The Balaban J connectivity index is 2.28. The molecule has 0 atom stereocenters. The predicted octanol–water partition coefficient (Wildman–Crippen LogP) is 3.83. The average molecular weight is 349 g/mol. The highest BCUT2D eigenvalue weighted by atomic mass is 79.9. The van der Waals surface area contributed by atoms with Gasteiger partial charge in [0.1, 0.15) is 11.5 Å². The SMILES string of the molecule is O=C(O)/C=C/c1ccc(Br)cc1Oc1ccc(CO)cc1. The molecule has 0 aromatic heterocycles. The molecule has 0 unspecified atom stereocenters. The second-order valence-electron chi connectivity index (χ2n) is 4.26. The maximum atomic E-state index is 10.6. The number of aliphatic carboxylic acids is 1. The lowest BCUT2D eigenvalue weighted by atomic mass is 10.2. The van der Waals surface area contributed by atoms with E-state index in [1.807, 2.05) is 6.07 Å². The Hall–Kier alpha value is -2.11. The summed E-state index contributed by atoms with van der Waals surface area (Å²) in [6.45, 7) is -0.0240. The summed E-state index contributed by atoms with van der Waals surface area (Å²) in [5, 5.41) is 17.7. The lowest BCUT2D eigenvalue weighted by Crippen LogP contribution is -1.90. The summed E-state index contributed by atoms with van der Waals surface area (Å²) in [6.07, 6.45) is 2.54. The maximum absolute atomic E-state index is 10.6. The standard InChI is InChI=1S/C16H13BrO4/c17-13-5-3-12(4-8-16(19)20)15(9-13)21-14-6-1-11(10-18)2-7-14/h1-9,18H,10H2,(H,19,20)/b8-4+. The van der Waals surface area contributed by atoms with Crippen LogP contribution >= 0.6 is 15.9 Å². The zero-order valence-corrected chi connectivity index (χ0v) is 12.6. The summed E-state index contributed by atoms with van der Waals surface area (Å²) in [4.78, 5) is 10.6. The van der Waals surface area contributed by atoms with E-state index in [9.17, 15) is 4.79 Å².